The van der Waals surface area contributed by atoms with Crippen LogP contribution in [-0.4, -0.2) is 30.9 Å². The maximum Gasteiger partial charge on any atom is 0.214 e. The van der Waals surface area contributed by atoms with E-state index in [2.05, 4.69) is 10.4 Å². The fraction of sp³-hybridized carbons (Fsp3) is 0.857. The second kappa shape index (κ2) is 4.41. The lowest BCUT2D eigenvalue weighted by atomic mass is 10.2. The molecule has 1 N–H and O–H groups in total. The molecule has 1 rings (SSSR count). The molecule has 0 saturated carbocycles. The zero-order valence-corrected chi connectivity index (χ0v) is 6.10. The van der Waals surface area contributed by atoms with Gasteiger partial charge < -0.3 is 0 Å². The normalized spacial score (nSPS) is 20.8. The Kier molecular flexibility index (Phi) is 3.40. The molecule has 0 atom stereocenters. The molecule has 0 aliphatic carbocycles. The van der Waals surface area contributed by atoms with Crippen LogP contribution in [0.4, 0.5) is 0 Å². The van der Waals surface area contributed by atoms with Gasteiger partial charge in [0.05, 0.1) is 6.54 Å². The smallest absolute Gasteiger partial charge is 0.214 e. The molecule has 3 heteroatoms. The largest absolute Gasteiger partial charge is 0.289 e. The third-order valence-electron chi connectivity index (χ3n) is 1.73. The zero-order valence-electron chi connectivity index (χ0n) is 6.10. The second-order valence-electron chi connectivity index (χ2n) is 2.53. The highest BCUT2D eigenvalue weighted by atomic mass is 16.1. The van der Waals surface area contributed by atoms with Crippen molar-refractivity contribution in [3.8, 4) is 0 Å². The summed E-state index contributed by atoms with van der Waals surface area (Å²) in [6, 6.07) is 0. The highest BCUT2D eigenvalue weighted by molar-refractivity contribution is 5.52. The predicted molar refractivity (Wildman–Crippen MR) is 39.1 cm³/mol. The van der Waals surface area contributed by atoms with Gasteiger partial charge in [0.2, 0.25) is 6.29 Å². The molecule has 1 fully saturated rings. The van der Waals surface area contributed by atoms with Gasteiger partial charge >= 0.3 is 0 Å². The molecule has 1 aliphatic heterocycles. The van der Waals surface area contributed by atoms with Crippen LogP contribution < -0.4 is 5.43 Å². The average molecular weight is 141 g/mol. The molecule has 0 aromatic carbocycles. The van der Waals surface area contributed by atoms with Crippen LogP contribution >= 0.6 is 0 Å². The first kappa shape index (κ1) is 7.69. The summed E-state index contributed by atoms with van der Waals surface area (Å²) < 4.78 is 0. The number of nitrogens with one attached hydrogen (secondary N) is 1. The van der Waals surface area contributed by atoms with Crippen molar-refractivity contribution in [2.45, 2.75) is 19.3 Å². The highest BCUT2D eigenvalue weighted by Gasteiger charge is 2.07. The van der Waals surface area contributed by atoms with Gasteiger partial charge in [-0.3, -0.25) is 4.79 Å². The summed E-state index contributed by atoms with van der Waals surface area (Å²) in [5.74, 6) is 0. The molecule has 0 unspecified atom stereocenters. The van der Waals surface area contributed by atoms with Gasteiger partial charge in [0.25, 0.3) is 0 Å². The predicted octanol–water partition coefficient (Wildman–Crippen LogP) is 0.0866. The molecule has 0 aromatic rings. The fourth-order valence-corrected chi connectivity index (χ4v) is 1.20. The summed E-state index contributed by atoms with van der Waals surface area (Å²) >= 11 is 0. The lowest BCUT2D eigenvalue weighted by molar-refractivity contribution is 0.164. The van der Waals surface area contributed by atoms with Crippen molar-refractivity contribution in [2.24, 2.45) is 0 Å². The van der Waals surface area contributed by atoms with Crippen molar-refractivity contribution in [3.05, 3.63) is 0 Å². The number of rotatable bonds is 3. The topological polar surface area (TPSA) is 32.3 Å². The number of carbonyl (C=O) groups excluding carboxylic acids is 1. The number of hydrogen-bond donors (Lipinski definition) is 1. The van der Waals surface area contributed by atoms with Crippen LogP contribution in [0.1, 0.15) is 19.3 Å². The standard InChI is InChI=1S/C7H13N2O/c10-7-4-8-9-5-2-1-3-6-9/h8H,1-6H2. The molecule has 1 heterocycles. The van der Waals surface area contributed by atoms with Crippen molar-refractivity contribution in [2.75, 3.05) is 19.6 Å². The summed E-state index contributed by atoms with van der Waals surface area (Å²) in [6.45, 7) is 2.48. The fourth-order valence-electron chi connectivity index (χ4n) is 1.20. The number of hydrazine groups is 1. The lowest BCUT2D eigenvalue weighted by Crippen LogP contribution is -2.42. The van der Waals surface area contributed by atoms with E-state index < -0.39 is 0 Å². The van der Waals surface area contributed by atoms with Crippen molar-refractivity contribution in [1.29, 1.82) is 0 Å². The maximum absolute atomic E-state index is 9.83. The Labute approximate surface area is 61.4 Å². The van der Waals surface area contributed by atoms with Crippen LogP contribution in [0.2, 0.25) is 0 Å². The Hall–Kier alpha value is -0.410. The Morgan fingerprint density at radius 2 is 2.00 bits per heavy atom. The van der Waals surface area contributed by atoms with Crippen LogP contribution in [0, 0.1) is 0 Å². The van der Waals surface area contributed by atoms with Gasteiger partial charge in [0, 0.05) is 13.1 Å². The van der Waals surface area contributed by atoms with Crippen LogP contribution in [0.15, 0.2) is 0 Å². The third-order valence-corrected chi connectivity index (χ3v) is 1.73. The van der Waals surface area contributed by atoms with Gasteiger partial charge in [-0.05, 0) is 12.8 Å². The van der Waals surface area contributed by atoms with E-state index >= 15 is 0 Å². The molecule has 1 saturated heterocycles. The SMILES string of the molecule is O=[C]CNN1CCCCC1. The minimum Gasteiger partial charge on any atom is -0.289 e. The second-order valence-corrected chi connectivity index (χ2v) is 2.53. The summed E-state index contributed by atoms with van der Waals surface area (Å²) in [4.78, 5) is 9.83. The van der Waals surface area contributed by atoms with E-state index in [0.717, 1.165) is 13.1 Å². The number of nitrogens with zero attached hydrogens (tertiary/aromatic N) is 1. The molecule has 3 nitrogen and oxygen atoms in total. The van der Waals surface area contributed by atoms with Crippen molar-refractivity contribution < 1.29 is 4.79 Å². The van der Waals surface area contributed by atoms with Crippen molar-refractivity contribution >= 4 is 6.29 Å². The van der Waals surface area contributed by atoms with E-state index in [9.17, 15) is 4.79 Å². The Morgan fingerprint density at radius 1 is 1.30 bits per heavy atom. The molecule has 10 heavy (non-hydrogen) atoms. The van der Waals surface area contributed by atoms with Crippen molar-refractivity contribution in [3.63, 3.8) is 0 Å². The first-order valence-corrected chi connectivity index (χ1v) is 3.77. The van der Waals surface area contributed by atoms with E-state index in [4.69, 9.17) is 0 Å². The van der Waals surface area contributed by atoms with E-state index in [1.807, 2.05) is 6.29 Å². The van der Waals surface area contributed by atoms with E-state index in [1.54, 1.807) is 0 Å². The summed E-state index contributed by atoms with van der Waals surface area (Å²) in [7, 11) is 0. The quantitative estimate of drug-likeness (QED) is 0.604. The zero-order chi connectivity index (χ0) is 7.23. The molecule has 0 amide bonds. The lowest BCUT2D eigenvalue weighted by Gasteiger charge is -2.25. The first-order valence-electron chi connectivity index (χ1n) is 3.77. The highest BCUT2D eigenvalue weighted by Crippen LogP contribution is 2.04. The summed E-state index contributed by atoms with van der Waals surface area (Å²) in [5, 5.41) is 2.09. The Bertz CT molecular complexity index is 99.8. The van der Waals surface area contributed by atoms with Gasteiger partial charge in [-0.25, -0.2) is 10.4 Å². The van der Waals surface area contributed by atoms with Gasteiger partial charge in [-0.1, -0.05) is 6.42 Å². The van der Waals surface area contributed by atoms with Gasteiger partial charge in [-0.2, -0.15) is 0 Å². The van der Waals surface area contributed by atoms with Crippen LogP contribution in [0.25, 0.3) is 0 Å². The molecule has 57 valence electrons. The Balaban J connectivity index is 2.07. The van der Waals surface area contributed by atoms with E-state index in [1.165, 1.54) is 19.3 Å². The first-order chi connectivity index (χ1) is 4.93. The molecular formula is C7H13N2O. The molecule has 1 radical (unpaired) electrons. The summed E-state index contributed by atoms with van der Waals surface area (Å²) in [6.07, 6.45) is 5.62. The number of piperidine rings is 1. The van der Waals surface area contributed by atoms with E-state index in [0.29, 0.717) is 6.54 Å². The monoisotopic (exact) mass is 141 g/mol. The maximum atomic E-state index is 9.83. The minimum atomic E-state index is 0.333. The van der Waals surface area contributed by atoms with Crippen LogP contribution in [-0.2, 0) is 4.79 Å². The van der Waals surface area contributed by atoms with E-state index in [-0.39, 0.29) is 0 Å². The number of hydrogen-bond acceptors (Lipinski definition) is 3. The summed E-state index contributed by atoms with van der Waals surface area (Å²) in [5.41, 5.74) is 2.98. The molecule has 1 aliphatic rings. The Morgan fingerprint density at radius 3 is 2.60 bits per heavy atom. The average Bonchev–Trinajstić information content (AvgIpc) is 2.03. The van der Waals surface area contributed by atoms with Crippen molar-refractivity contribution in [1.82, 2.24) is 10.4 Å². The molecule has 0 spiro atoms. The van der Waals surface area contributed by atoms with Gasteiger partial charge in [-0.15, -0.1) is 0 Å². The third kappa shape index (κ3) is 2.45. The van der Waals surface area contributed by atoms with Gasteiger partial charge in [0.15, 0.2) is 0 Å². The van der Waals surface area contributed by atoms with Gasteiger partial charge in [0.1, 0.15) is 0 Å². The minimum absolute atomic E-state index is 0.333. The molecular weight excluding hydrogens is 128 g/mol. The molecule has 0 bridgehead atoms. The van der Waals surface area contributed by atoms with Crippen LogP contribution in [0.5, 0.6) is 0 Å². The van der Waals surface area contributed by atoms with Crippen LogP contribution in [0.3, 0.4) is 0 Å². The molecule has 0 aromatic heterocycles.